The van der Waals surface area contributed by atoms with E-state index in [0.717, 1.165) is 0 Å². The highest BCUT2D eigenvalue weighted by atomic mass is 19.1. The smallest absolute Gasteiger partial charge is 0.200 e. The van der Waals surface area contributed by atoms with Crippen molar-refractivity contribution in [3.63, 3.8) is 0 Å². The molecule has 2 aromatic heterocycles. The molecule has 0 spiro atoms. The molecule has 0 atom stereocenters. The molecule has 226 valence electrons. The number of aromatic nitrogens is 2. The summed E-state index contributed by atoms with van der Waals surface area (Å²) >= 11 is 0. The fraction of sp³-hybridized carbons (Fsp3) is 0.206. The molecule has 1 N–H and O–H groups in total. The molecule has 0 radical (unpaired) electrons. The summed E-state index contributed by atoms with van der Waals surface area (Å²) in [7, 11) is 3.02. The molecule has 3 aromatic carbocycles. The first-order chi connectivity index (χ1) is 21.0. The minimum Gasteiger partial charge on any atom is -0.493 e. The molecule has 0 bridgehead atoms. The van der Waals surface area contributed by atoms with Gasteiger partial charge in [-0.15, -0.1) is 0 Å². The normalized spacial score (nSPS) is 11.4. The van der Waals surface area contributed by atoms with Gasteiger partial charge in [0, 0.05) is 42.0 Å². The fourth-order valence-corrected chi connectivity index (χ4v) is 4.72. The number of hydrogen-bond acceptors (Lipinski definition) is 7. The van der Waals surface area contributed by atoms with E-state index in [4.69, 9.17) is 14.2 Å². The van der Waals surface area contributed by atoms with E-state index in [0.29, 0.717) is 39.3 Å². The Bertz CT molecular complexity index is 1920. The molecular formula is C34H30F2N2O6. The third-order valence-electron chi connectivity index (χ3n) is 7.35. The number of Topliss-reactive ketones (excluding diaryl/α,β-unsaturated/α-hetero) is 1. The lowest BCUT2D eigenvalue weighted by Crippen LogP contribution is -2.33. The number of aliphatic hydroxyl groups is 1. The van der Waals surface area contributed by atoms with Gasteiger partial charge in [-0.1, -0.05) is 18.2 Å². The van der Waals surface area contributed by atoms with E-state index in [9.17, 15) is 19.1 Å². The lowest BCUT2D eigenvalue weighted by Gasteiger charge is -2.27. The van der Waals surface area contributed by atoms with Crippen molar-refractivity contribution in [2.75, 3.05) is 20.8 Å². The van der Waals surface area contributed by atoms with Crippen molar-refractivity contribution in [1.29, 1.82) is 0 Å². The Kier molecular flexibility index (Phi) is 8.46. The van der Waals surface area contributed by atoms with Crippen LogP contribution in [0.25, 0.3) is 22.0 Å². The Morgan fingerprint density at radius 1 is 0.909 bits per heavy atom. The number of benzene rings is 3. The second kappa shape index (κ2) is 12.3. The first-order valence-electron chi connectivity index (χ1n) is 13.7. The third kappa shape index (κ3) is 6.02. The number of ketones is 1. The molecule has 0 aliphatic heterocycles. The average molecular weight is 601 g/mol. The van der Waals surface area contributed by atoms with Crippen molar-refractivity contribution in [2.45, 2.75) is 25.8 Å². The van der Waals surface area contributed by atoms with Crippen LogP contribution in [0.1, 0.15) is 29.8 Å². The van der Waals surface area contributed by atoms with Crippen molar-refractivity contribution >= 4 is 16.7 Å². The standard InChI is InChI=1S/C34H30F2N2O6/c1-34(2,19-39)38-17-24(21-6-8-22(35)9-7-21)33(41)25(18-38)28(40)14-20-5-10-30(26(36)13-20)44-29-11-12-37-27-16-32(43-4)31(42-3)15-23(27)29/h5-13,15-18,39H,14,19H2,1-4H3. The highest BCUT2D eigenvalue weighted by molar-refractivity contribution is 5.98. The second-order valence-corrected chi connectivity index (χ2v) is 10.8. The van der Waals surface area contributed by atoms with Crippen molar-refractivity contribution < 1.29 is 32.9 Å². The summed E-state index contributed by atoms with van der Waals surface area (Å²) in [6, 6.07) is 14.4. The van der Waals surface area contributed by atoms with Gasteiger partial charge in [-0.25, -0.2) is 8.78 Å². The second-order valence-electron chi connectivity index (χ2n) is 10.8. The Labute approximate surface area is 252 Å². The van der Waals surface area contributed by atoms with Crippen molar-refractivity contribution in [3.8, 4) is 34.1 Å². The number of ether oxygens (including phenoxy) is 3. The zero-order chi connectivity index (χ0) is 31.6. The molecule has 0 unspecified atom stereocenters. The maximum absolute atomic E-state index is 15.3. The Morgan fingerprint density at radius 2 is 1.61 bits per heavy atom. The number of aliphatic hydroxyl groups excluding tert-OH is 1. The maximum Gasteiger partial charge on any atom is 0.200 e. The zero-order valence-corrected chi connectivity index (χ0v) is 24.6. The van der Waals surface area contributed by atoms with Gasteiger partial charge in [0.15, 0.2) is 34.3 Å². The van der Waals surface area contributed by atoms with E-state index in [1.54, 1.807) is 42.7 Å². The molecule has 0 saturated heterocycles. The average Bonchev–Trinajstić information content (AvgIpc) is 3.02. The van der Waals surface area contributed by atoms with Crippen LogP contribution in [0.2, 0.25) is 0 Å². The summed E-state index contributed by atoms with van der Waals surface area (Å²) in [5.74, 6) is -0.520. The molecular weight excluding hydrogens is 570 g/mol. The van der Waals surface area contributed by atoms with Crippen LogP contribution in [-0.2, 0) is 12.0 Å². The van der Waals surface area contributed by atoms with Crippen LogP contribution >= 0.6 is 0 Å². The van der Waals surface area contributed by atoms with E-state index in [1.807, 2.05) is 0 Å². The van der Waals surface area contributed by atoms with E-state index in [1.165, 1.54) is 69.2 Å². The monoisotopic (exact) mass is 600 g/mol. The van der Waals surface area contributed by atoms with Crippen LogP contribution in [0.15, 0.2) is 84.0 Å². The molecule has 8 nitrogen and oxygen atoms in total. The van der Waals surface area contributed by atoms with Gasteiger partial charge >= 0.3 is 0 Å². The van der Waals surface area contributed by atoms with Crippen molar-refractivity contribution in [1.82, 2.24) is 9.55 Å². The van der Waals surface area contributed by atoms with Gasteiger partial charge in [0.05, 0.1) is 37.4 Å². The lowest BCUT2D eigenvalue weighted by atomic mass is 9.97. The van der Waals surface area contributed by atoms with Gasteiger partial charge < -0.3 is 23.9 Å². The largest absolute Gasteiger partial charge is 0.493 e. The van der Waals surface area contributed by atoms with Crippen LogP contribution in [0.3, 0.4) is 0 Å². The number of carbonyl (C=O) groups excluding carboxylic acids is 1. The van der Waals surface area contributed by atoms with Crippen LogP contribution in [-0.4, -0.2) is 41.3 Å². The number of rotatable bonds is 10. The first kappa shape index (κ1) is 30.4. The molecule has 44 heavy (non-hydrogen) atoms. The molecule has 0 amide bonds. The molecule has 5 aromatic rings. The van der Waals surface area contributed by atoms with Gasteiger partial charge in [-0.3, -0.25) is 14.6 Å². The molecule has 5 rings (SSSR count). The van der Waals surface area contributed by atoms with Gasteiger partial charge in [0.25, 0.3) is 0 Å². The van der Waals surface area contributed by atoms with Crippen molar-refractivity contribution in [3.05, 3.63) is 112 Å². The molecule has 0 saturated carbocycles. The fourth-order valence-electron chi connectivity index (χ4n) is 4.72. The van der Waals surface area contributed by atoms with Gasteiger partial charge in [-0.05, 0) is 61.4 Å². The van der Waals surface area contributed by atoms with E-state index in [-0.39, 0.29) is 29.9 Å². The first-order valence-corrected chi connectivity index (χ1v) is 13.7. The Morgan fingerprint density at radius 3 is 2.27 bits per heavy atom. The highest BCUT2D eigenvalue weighted by Gasteiger charge is 2.24. The van der Waals surface area contributed by atoms with Crippen LogP contribution in [0.5, 0.6) is 23.0 Å². The van der Waals surface area contributed by atoms with Crippen LogP contribution in [0, 0.1) is 11.6 Å². The van der Waals surface area contributed by atoms with Gasteiger partial charge in [-0.2, -0.15) is 0 Å². The molecule has 0 aliphatic carbocycles. The summed E-state index contributed by atoms with van der Waals surface area (Å²) < 4.78 is 47.0. The molecule has 2 heterocycles. The minimum atomic E-state index is -0.852. The number of pyridine rings is 2. The quantitative estimate of drug-likeness (QED) is 0.188. The predicted octanol–water partition coefficient (Wildman–Crippen LogP) is 6.30. The number of hydrogen-bond donors (Lipinski definition) is 1. The highest BCUT2D eigenvalue weighted by Crippen LogP contribution is 2.37. The topological polar surface area (TPSA) is 99.9 Å². The zero-order valence-electron chi connectivity index (χ0n) is 24.6. The Balaban J connectivity index is 1.45. The number of fused-ring (bicyclic) bond motifs is 1. The molecule has 10 heteroatoms. The number of nitrogens with zero attached hydrogens (tertiary/aromatic N) is 2. The maximum atomic E-state index is 15.3. The third-order valence-corrected chi connectivity index (χ3v) is 7.35. The minimum absolute atomic E-state index is 0.0751. The van der Waals surface area contributed by atoms with E-state index in [2.05, 4.69) is 4.98 Å². The van der Waals surface area contributed by atoms with Gasteiger partial charge in [0.2, 0.25) is 0 Å². The summed E-state index contributed by atoms with van der Waals surface area (Å²) in [6.45, 7) is 3.21. The summed E-state index contributed by atoms with van der Waals surface area (Å²) in [6.07, 6.45) is 4.18. The summed E-state index contributed by atoms with van der Waals surface area (Å²) in [5, 5.41) is 10.5. The van der Waals surface area contributed by atoms with Crippen molar-refractivity contribution in [2.24, 2.45) is 0 Å². The number of halogens is 2. The van der Waals surface area contributed by atoms with Gasteiger partial charge in [0.1, 0.15) is 11.6 Å². The lowest BCUT2D eigenvalue weighted by molar-refractivity contribution is 0.0989. The molecule has 0 fully saturated rings. The number of carbonyl (C=O) groups is 1. The predicted molar refractivity (Wildman–Crippen MR) is 162 cm³/mol. The number of methoxy groups -OCH3 is 2. The Hall–Kier alpha value is -5.09. The van der Waals surface area contributed by atoms with E-state index >= 15 is 4.39 Å². The SMILES string of the molecule is COc1cc2nccc(Oc3ccc(CC(=O)c4cn(C(C)(C)CO)cc(-c5ccc(F)cc5)c4=O)cc3F)c2cc1OC. The summed E-state index contributed by atoms with van der Waals surface area (Å²) in [5.41, 5.74) is -0.0714. The van der Waals surface area contributed by atoms with Crippen LogP contribution < -0.4 is 19.6 Å². The van der Waals surface area contributed by atoms with Crippen LogP contribution in [0.4, 0.5) is 8.78 Å². The summed E-state index contributed by atoms with van der Waals surface area (Å²) in [4.78, 5) is 31.3. The molecule has 0 aliphatic rings. The van der Waals surface area contributed by atoms with E-state index < -0.39 is 28.4 Å².